The Bertz CT molecular complexity index is 27.0. The molecule has 0 aliphatic rings. The summed E-state index contributed by atoms with van der Waals surface area (Å²) in [6, 6.07) is 0. The predicted molar refractivity (Wildman–Crippen MR) is 52.3 cm³/mol. The van der Waals surface area contributed by atoms with Crippen LogP contribution >= 0.6 is 0 Å². The first-order chi connectivity index (χ1) is 4.81. The molecule has 0 saturated heterocycles. The fourth-order valence-corrected chi connectivity index (χ4v) is 0.289. The maximum atomic E-state index is 3.00. The van der Waals surface area contributed by atoms with E-state index in [1.54, 1.807) is 0 Å². The molecule has 0 saturated carbocycles. The van der Waals surface area contributed by atoms with Gasteiger partial charge in [0, 0.05) is 0 Å². The van der Waals surface area contributed by atoms with Gasteiger partial charge < -0.3 is 0 Å². The SMILES string of the molecule is C=C.CC.CCC(C)CC. The molecular weight excluding hydrogens is 120 g/mol. The minimum atomic E-state index is 0.935. The van der Waals surface area contributed by atoms with E-state index in [0.29, 0.717) is 0 Å². The van der Waals surface area contributed by atoms with Crippen LogP contribution in [0.15, 0.2) is 13.2 Å². The molecule has 0 heteroatoms. The van der Waals surface area contributed by atoms with Crippen molar-refractivity contribution in [2.24, 2.45) is 5.92 Å². The first-order valence-corrected chi connectivity index (χ1v) is 4.31. The van der Waals surface area contributed by atoms with Crippen LogP contribution < -0.4 is 0 Å². The molecule has 0 N–H and O–H groups in total. The van der Waals surface area contributed by atoms with Crippen molar-refractivity contribution >= 4 is 0 Å². The summed E-state index contributed by atoms with van der Waals surface area (Å²) < 4.78 is 0. The smallest absolute Gasteiger partial charge is 0.0448 e. The van der Waals surface area contributed by atoms with E-state index in [4.69, 9.17) is 0 Å². The molecule has 0 bridgehead atoms. The third kappa shape index (κ3) is 25.1. The average Bonchev–Trinajstić information content (AvgIpc) is 2.10. The molecule has 0 aromatic carbocycles. The highest BCUT2D eigenvalue weighted by Crippen LogP contribution is 2.02. The minimum Gasteiger partial charge on any atom is -0.106 e. The zero-order chi connectivity index (χ0) is 8.99. The second-order valence-corrected chi connectivity index (χ2v) is 1.92. The van der Waals surface area contributed by atoms with Crippen molar-refractivity contribution in [2.45, 2.75) is 47.5 Å². The van der Waals surface area contributed by atoms with Gasteiger partial charge in [-0.2, -0.15) is 0 Å². The summed E-state index contributed by atoms with van der Waals surface area (Å²) in [5.41, 5.74) is 0. The number of hydrogen-bond acceptors (Lipinski definition) is 0. The zero-order valence-corrected chi connectivity index (χ0v) is 8.41. The van der Waals surface area contributed by atoms with Crippen LogP contribution in [0.1, 0.15) is 47.5 Å². The van der Waals surface area contributed by atoms with Crippen LogP contribution in [-0.4, -0.2) is 0 Å². The summed E-state index contributed by atoms with van der Waals surface area (Å²) in [4.78, 5) is 0. The van der Waals surface area contributed by atoms with E-state index in [2.05, 4.69) is 33.9 Å². The first-order valence-electron chi connectivity index (χ1n) is 4.31. The van der Waals surface area contributed by atoms with Gasteiger partial charge in [0.05, 0.1) is 0 Å². The summed E-state index contributed by atoms with van der Waals surface area (Å²) in [5, 5.41) is 0. The lowest BCUT2D eigenvalue weighted by Gasteiger charge is -1.98. The van der Waals surface area contributed by atoms with Gasteiger partial charge in [-0.1, -0.05) is 47.5 Å². The van der Waals surface area contributed by atoms with Gasteiger partial charge in [-0.05, 0) is 5.92 Å². The van der Waals surface area contributed by atoms with Crippen molar-refractivity contribution in [3.8, 4) is 0 Å². The predicted octanol–water partition coefficient (Wildman–Crippen LogP) is 4.27. The maximum Gasteiger partial charge on any atom is -0.0448 e. The van der Waals surface area contributed by atoms with Crippen molar-refractivity contribution in [3.63, 3.8) is 0 Å². The lowest BCUT2D eigenvalue weighted by atomic mass is 10.1. The lowest BCUT2D eigenvalue weighted by molar-refractivity contribution is 0.544. The molecule has 0 spiro atoms. The quantitative estimate of drug-likeness (QED) is 0.508. The molecule has 0 aromatic rings. The highest BCUT2D eigenvalue weighted by atomic mass is 13.9. The molecule has 0 radical (unpaired) electrons. The Hall–Kier alpha value is -0.260. The molecule has 10 heavy (non-hydrogen) atoms. The molecule has 0 fully saturated rings. The van der Waals surface area contributed by atoms with E-state index in [1.165, 1.54) is 12.8 Å². The standard InChI is InChI=1S/C6H14.C2H6.C2H4/c1-4-6(3)5-2;2*1-2/h6H,4-5H2,1-3H3;1-2H3;1-2H2. The highest BCUT2D eigenvalue weighted by molar-refractivity contribution is 4.41. The molecule has 0 aromatic heterocycles. The van der Waals surface area contributed by atoms with Crippen LogP contribution in [-0.2, 0) is 0 Å². The van der Waals surface area contributed by atoms with Crippen LogP contribution in [0.2, 0.25) is 0 Å². The second kappa shape index (κ2) is 23.3. The fourth-order valence-electron chi connectivity index (χ4n) is 0.289. The van der Waals surface area contributed by atoms with Crippen LogP contribution in [0.25, 0.3) is 0 Å². The van der Waals surface area contributed by atoms with Gasteiger partial charge in [-0.25, -0.2) is 0 Å². The Labute approximate surface area is 67.3 Å². The largest absolute Gasteiger partial charge is 0.106 e. The van der Waals surface area contributed by atoms with Crippen molar-refractivity contribution in [1.29, 1.82) is 0 Å². The summed E-state index contributed by atoms with van der Waals surface area (Å²) in [6.45, 7) is 16.7. The summed E-state index contributed by atoms with van der Waals surface area (Å²) in [5.74, 6) is 0.935. The maximum absolute atomic E-state index is 3.00. The highest BCUT2D eigenvalue weighted by Gasteiger charge is 1.88. The molecule has 0 aliphatic heterocycles. The third-order valence-corrected chi connectivity index (χ3v) is 1.39. The molecule has 0 amide bonds. The Morgan fingerprint density at radius 1 is 1.00 bits per heavy atom. The Balaban J connectivity index is -0.000000105. The van der Waals surface area contributed by atoms with Gasteiger partial charge in [0.2, 0.25) is 0 Å². The Kier molecular flexibility index (Phi) is 38.2. The van der Waals surface area contributed by atoms with E-state index < -0.39 is 0 Å². The van der Waals surface area contributed by atoms with Gasteiger partial charge in [-0.3, -0.25) is 0 Å². The number of rotatable bonds is 2. The van der Waals surface area contributed by atoms with E-state index >= 15 is 0 Å². The summed E-state index contributed by atoms with van der Waals surface area (Å²) in [7, 11) is 0. The summed E-state index contributed by atoms with van der Waals surface area (Å²) >= 11 is 0. The summed E-state index contributed by atoms with van der Waals surface area (Å²) in [6.07, 6.45) is 2.66. The number of hydrogen-bond donors (Lipinski definition) is 0. The zero-order valence-electron chi connectivity index (χ0n) is 8.41. The van der Waals surface area contributed by atoms with Crippen LogP contribution in [0.5, 0.6) is 0 Å². The fraction of sp³-hybridized carbons (Fsp3) is 0.800. The van der Waals surface area contributed by atoms with Gasteiger partial charge in [0.15, 0.2) is 0 Å². The van der Waals surface area contributed by atoms with Gasteiger partial charge in [0.25, 0.3) is 0 Å². The normalized spacial score (nSPS) is 7.00. The van der Waals surface area contributed by atoms with Gasteiger partial charge >= 0.3 is 0 Å². The van der Waals surface area contributed by atoms with Crippen molar-refractivity contribution in [2.75, 3.05) is 0 Å². The van der Waals surface area contributed by atoms with Crippen LogP contribution in [0, 0.1) is 5.92 Å². The van der Waals surface area contributed by atoms with E-state index in [-0.39, 0.29) is 0 Å². The molecule has 0 heterocycles. The second-order valence-electron chi connectivity index (χ2n) is 1.92. The Morgan fingerprint density at radius 2 is 1.20 bits per heavy atom. The lowest BCUT2D eigenvalue weighted by Crippen LogP contribution is -1.85. The Morgan fingerprint density at radius 3 is 1.20 bits per heavy atom. The van der Waals surface area contributed by atoms with Gasteiger partial charge in [0.1, 0.15) is 0 Å². The molecule has 0 aliphatic carbocycles. The van der Waals surface area contributed by atoms with Gasteiger partial charge in [-0.15, -0.1) is 13.2 Å². The van der Waals surface area contributed by atoms with E-state index in [0.717, 1.165) is 5.92 Å². The molecular formula is C10H24. The van der Waals surface area contributed by atoms with Crippen molar-refractivity contribution < 1.29 is 0 Å². The molecule has 0 atom stereocenters. The van der Waals surface area contributed by atoms with Crippen molar-refractivity contribution in [1.82, 2.24) is 0 Å². The molecule has 0 unspecified atom stereocenters. The van der Waals surface area contributed by atoms with E-state index in [1.807, 2.05) is 13.8 Å². The first kappa shape index (κ1) is 16.4. The average molecular weight is 144 g/mol. The van der Waals surface area contributed by atoms with Crippen LogP contribution in [0.3, 0.4) is 0 Å². The molecule has 64 valence electrons. The van der Waals surface area contributed by atoms with Crippen LogP contribution in [0.4, 0.5) is 0 Å². The molecule has 0 nitrogen and oxygen atoms in total. The third-order valence-electron chi connectivity index (χ3n) is 1.39. The monoisotopic (exact) mass is 144 g/mol. The van der Waals surface area contributed by atoms with Crippen molar-refractivity contribution in [3.05, 3.63) is 13.2 Å². The topological polar surface area (TPSA) is 0 Å². The van der Waals surface area contributed by atoms with E-state index in [9.17, 15) is 0 Å². The minimum absolute atomic E-state index is 0.935. The molecule has 0 rings (SSSR count).